The van der Waals surface area contributed by atoms with Gasteiger partial charge in [-0.05, 0) is 19.9 Å². The number of aromatic nitrogens is 3. The van der Waals surface area contributed by atoms with Gasteiger partial charge in [-0.1, -0.05) is 0 Å². The Hall–Kier alpha value is -1.43. The van der Waals surface area contributed by atoms with E-state index in [4.69, 9.17) is 0 Å². The quantitative estimate of drug-likeness (QED) is 0.724. The molecule has 0 bridgehead atoms. The first-order valence-electron chi connectivity index (χ1n) is 5.52. The van der Waals surface area contributed by atoms with Gasteiger partial charge in [-0.3, -0.25) is 9.48 Å². The van der Waals surface area contributed by atoms with E-state index < -0.39 is 0 Å². The lowest BCUT2D eigenvalue weighted by molar-refractivity contribution is -0.122. The summed E-state index contributed by atoms with van der Waals surface area (Å²) in [7, 11) is 0. The molecule has 0 spiro atoms. The van der Waals surface area contributed by atoms with Crippen LogP contribution in [0.1, 0.15) is 19.8 Å². The smallest absolute Gasteiger partial charge is 0.222 e. The number of rotatable bonds is 4. The molecule has 0 saturated carbocycles. The Labute approximate surface area is 94.4 Å². The Morgan fingerprint density at radius 2 is 2.56 bits per heavy atom. The van der Waals surface area contributed by atoms with E-state index in [2.05, 4.69) is 27.6 Å². The van der Waals surface area contributed by atoms with Gasteiger partial charge in [0.05, 0.1) is 12.1 Å². The molecule has 0 radical (unpaired) electrons. The molecule has 6 nitrogen and oxygen atoms in total. The molecule has 1 atom stereocenters. The zero-order chi connectivity index (χ0) is 11.4. The number of carbonyl (C=O) groups is 1. The molecule has 1 unspecified atom stereocenters. The molecule has 1 aromatic rings. The Balaban J connectivity index is 1.76. The number of aryl methyl sites for hydroxylation is 1. The van der Waals surface area contributed by atoms with E-state index in [1.807, 2.05) is 0 Å². The first-order chi connectivity index (χ1) is 7.68. The Kier molecular flexibility index (Phi) is 3.19. The van der Waals surface area contributed by atoms with Gasteiger partial charge in [0, 0.05) is 13.0 Å². The van der Waals surface area contributed by atoms with Crippen LogP contribution >= 0.6 is 0 Å². The third-order valence-electron chi connectivity index (χ3n) is 2.84. The van der Waals surface area contributed by atoms with Crippen molar-refractivity contribution in [2.75, 3.05) is 13.1 Å². The van der Waals surface area contributed by atoms with E-state index in [9.17, 15) is 4.79 Å². The summed E-state index contributed by atoms with van der Waals surface area (Å²) in [5.41, 5.74) is -0.0839. The van der Waals surface area contributed by atoms with Crippen molar-refractivity contribution in [3.63, 3.8) is 0 Å². The Bertz CT molecular complexity index is 342. The summed E-state index contributed by atoms with van der Waals surface area (Å²) in [6.45, 7) is 4.47. The van der Waals surface area contributed by atoms with Crippen molar-refractivity contribution in [1.82, 2.24) is 25.4 Å². The summed E-state index contributed by atoms with van der Waals surface area (Å²) in [4.78, 5) is 15.5. The summed E-state index contributed by atoms with van der Waals surface area (Å²) in [6.07, 6.45) is 4.52. The minimum absolute atomic E-state index is 0.0710. The molecular formula is C10H17N5O. The van der Waals surface area contributed by atoms with Gasteiger partial charge >= 0.3 is 0 Å². The molecule has 1 saturated heterocycles. The number of hydrogen-bond donors (Lipinski definition) is 2. The second kappa shape index (κ2) is 4.61. The summed E-state index contributed by atoms with van der Waals surface area (Å²) in [6, 6.07) is 0. The van der Waals surface area contributed by atoms with Crippen LogP contribution in [0, 0.1) is 0 Å². The minimum Gasteiger partial charge on any atom is -0.350 e. The fraction of sp³-hybridized carbons (Fsp3) is 0.700. The first kappa shape index (κ1) is 11.1. The normalized spacial score (nSPS) is 24.6. The summed E-state index contributed by atoms with van der Waals surface area (Å²) in [5, 5.41) is 10.3. The third-order valence-corrected chi connectivity index (χ3v) is 2.84. The number of amides is 1. The average molecular weight is 223 g/mol. The maximum Gasteiger partial charge on any atom is 0.222 e. The van der Waals surface area contributed by atoms with Gasteiger partial charge in [0.1, 0.15) is 12.7 Å². The highest BCUT2D eigenvalue weighted by atomic mass is 16.1. The predicted octanol–water partition coefficient (Wildman–Crippen LogP) is -0.464. The van der Waals surface area contributed by atoms with Gasteiger partial charge in [0.25, 0.3) is 0 Å². The van der Waals surface area contributed by atoms with Crippen LogP contribution in [0.25, 0.3) is 0 Å². The van der Waals surface area contributed by atoms with Crippen molar-refractivity contribution in [2.24, 2.45) is 0 Å². The van der Waals surface area contributed by atoms with Crippen molar-refractivity contribution in [3.8, 4) is 0 Å². The highest BCUT2D eigenvalue weighted by Gasteiger charge is 2.29. The molecule has 1 aliphatic rings. The number of nitrogens with one attached hydrogen (secondary N) is 2. The van der Waals surface area contributed by atoms with Gasteiger partial charge in [0.2, 0.25) is 5.91 Å². The minimum atomic E-state index is -0.0839. The lowest BCUT2D eigenvalue weighted by atomic mass is 10.0. The molecule has 0 aromatic carbocycles. The molecule has 1 fully saturated rings. The van der Waals surface area contributed by atoms with Gasteiger partial charge < -0.3 is 10.6 Å². The van der Waals surface area contributed by atoms with Crippen molar-refractivity contribution in [1.29, 1.82) is 0 Å². The zero-order valence-corrected chi connectivity index (χ0v) is 9.44. The van der Waals surface area contributed by atoms with E-state index in [0.29, 0.717) is 13.0 Å². The van der Waals surface area contributed by atoms with Crippen LogP contribution in [0.15, 0.2) is 12.7 Å². The van der Waals surface area contributed by atoms with E-state index in [-0.39, 0.29) is 11.4 Å². The number of carbonyl (C=O) groups excluding carboxylic acids is 1. The molecule has 88 valence electrons. The fourth-order valence-electron chi connectivity index (χ4n) is 1.89. The second-order valence-electron chi connectivity index (χ2n) is 4.44. The Morgan fingerprint density at radius 1 is 1.69 bits per heavy atom. The molecule has 1 amide bonds. The van der Waals surface area contributed by atoms with E-state index in [1.165, 1.54) is 6.33 Å². The third kappa shape index (κ3) is 2.79. The monoisotopic (exact) mass is 223 g/mol. The van der Waals surface area contributed by atoms with Crippen molar-refractivity contribution in [3.05, 3.63) is 12.7 Å². The predicted molar refractivity (Wildman–Crippen MR) is 58.7 cm³/mol. The maximum atomic E-state index is 11.7. The standard InChI is InChI=1S/C10H17N5O/c1-10(3-4-11-6-10)14-9(16)2-5-15-8-12-7-13-15/h7-8,11H,2-6H2,1H3,(H,14,16). The van der Waals surface area contributed by atoms with Crippen LogP contribution < -0.4 is 10.6 Å². The lowest BCUT2D eigenvalue weighted by Gasteiger charge is -2.24. The van der Waals surface area contributed by atoms with E-state index in [0.717, 1.165) is 19.5 Å². The molecule has 6 heteroatoms. The molecule has 1 aromatic heterocycles. The summed E-state index contributed by atoms with van der Waals surface area (Å²) in [5.74, 6) is 0.0710. The average Bonchev–Trinajstić information content (AvgIpc) is 2.86. The van der Waals surface area contributed by atoms with E-state index >= 15 is 0 Å². The van der Waals surface area contributed by atoms with Crippen LogP contribution in [0.3, 0.4) is 0 Å². The second-order valence-corrected chi connectivity index (χ2v) is 4.44. The highest BCUT2D eigenvalue weighted by Crippen LogP contribution is 2.13. The zero-order valence-electron chi connectivity index (χ0n) is 9.44. The molecule has 0 aliphatic carbocycles. The van der Waals surface area contributed by atoms with Crippen LogP contribution in [0.5, 0.6) is 0 Å². The molecule has 2 N–H and O–H groups in total. The van der Waals surface area contributed by atoms with Crippen molar-refractivity contribution in [2.45, 2.75) is 31.8 Å². The number of hydrogen-bond acceptors (Lipinski definition) is 4. The van der Waals surface area contributed by atoms with Gasteiger partial charge in [-0.2, -0.15) is 5.10 Å². The Morgan fingerprint density at radius 3 is 3.19 bits per heavy atom. The van der Waals surface area contributed by atoms with Gasteiger partial charge in [-0.25, -0.2) is 4.98 Å². The largest absolute Gasteiger partial charge is 0.350 e. The van der Waals surface area contributed by atoms with E-state index in [1.54, 1.807) is 11.0 Å². The SMILES string of the molecule is CC1(NC(=O)CCn2cncn2)CCNC1. The van der Waals surface area contributed by atoms with Crippen LogP contribution in [-0.2, 0) is 11.3 Å². The molecule has 16 heavy (non-hydrogen) atoms. The topological polar surface area (TPSA) is 71.8 Å². The van der Waals surface area contributed by atoms with Crippen molar-refractivity contribution < 1.29 is 4.79 Å². The molecule has 2 heterocycles. The van der Waals surface area contributed by atoms with Crippen LogP contribution in [-0.4, -0.2) is 39.3 Å². The first-order valence-corrected chi connectivity index (χ1v) is 5.52. The van der Waals surface area contributed by atoms with Gasteiger partial charge in [-0.15, -0.1) is 0 Å². The number of nitrogens with zero attached hydrogens (tertiary/aromatic N) is 3. The van der Waals surface area contributed by atoms with Crippen LogP contribution in [0.2, 0.25) is 0 Å². The molecule has 1 aliphatic heterocycles. The van der Waals surface area contributed by atoms with Crippen molar-refractivity contribution >= 4 is 5.91 Å². The lowest BCUT2D eigenvalue weighted by Crippen LogP contribution is -2.47. The summed E-state index contributed by atoms with van der Waals surface area (Å²) < 4.78 is 1.66. The molecular weight excluding hydrogens is 206 g/mol. The maximum absolute atomic E-state index is 11.7. The fourth-order valence-corrected chi connectivity index (χ4v) is 1.89. The van der Waals surface area contributed by atoms with Crippen LogP contribution in [0.4, 0.5) is 0 Å². The summed E-state index contributed by atoms with van der Waals surface area (Å²) >= 11 is 0. The van der Waals surface area contributed by atoms with Gasteiger partial charge in [0.15, 0.2) is 0 Å². The highest BCUT2D eigenvalue weighted by molar-refractivity contribution is 5.76. The molecule has 2 rings (SSSR count).